The van der Waals surface area contributed by atoms with Crippen LogP contribution in [0.1, 0.15) is 28.4 Å². The third-order valence-electron chi connectivity index (χ3n) is 4.24. The zero-order valence-corrected chi connectivity index (χ0v) is 13.8. The van der Waals surface area contributed by atoms with Gasteiger partial charge in [-0.25, -0.2) is 4.79 Å². The van der Waals surface area contributed by atoms with Gasteiger partial charge in [-0.05, 0) is 17.7 Å². The Morgan fingerprint density at radius 3 is 2.29 bits per heavy atom. The van der Waals surface area contributed by atoms with Crippen LogP contribution in [0.25, 0.3) is 0 Å². The van der Waals surface area contributed by atoms with E-state index in [1.54, 1.807) is 12.1 Å². The zero-order valence-electron chi connectivity index (χ0n) is 13.8. The molecule has 1 saturated heterocycles. The number of rotatable bonds is 6. The van der Waals surface area contributed by atoms with Crippen molar-refractivity contribution in [2.75, 3.05) is 32.8 Å². The van der Waals surface area contributed by atoms with Gasteiger partial charge in [-0.2, -0.15) is 0 Å². The van der Waals surface area contributed by atoms with Crippen LogP contribution in [0.3, 0.4) is 0 Å². The Morgan fingerprint density at radius 1 is 1.00 bits per heavy atom. The molecule has 0 radical (unpaired) electrons. The van der Waals surface area contributed by atoms with Crippen molar-refractivity contribution < 1.29 is 14.3 Å². The lowest BCUT2D eigenvalue weighted by atomic mass is 10.1. The SMILES string of the molecule is O=C(OC(CCN1CCOCC1)c1ccccc1)c1ccccc1. The number of esters is 1. The third kappa shape index (κ3) is 4.66. The van der Waals surface area contributed by atoms with Crippen LogP contribution >= 0.6 is 0 Å². The quantitative estimate of drug-likeness (QED) is 0.764. The predicted molar refractivity (Wildman–Crippen MR) is 92.9 cm³/mol. The van der Waals surface area contributed by atoms with E-state index in [4.69, 9.17) is 9.47 Å². The van der Waals surface area contributed by atoms with Crippen molar-refractivity contribution in [2.45, 2.75) is 12.5 Å². The number of hydrogen-bond donors (Lipinski definition) is 0. The molecule has 1 unspecified atom stereocenters. The highest BCUT2D eigenvalue weighted by Crippen LogP contribution is 2.23. The molecule has 4 nitrogen and oxygen atoms in total. The first-order valence-corrected chi connectivity index (χ1v) is 8.44. The molecule has 126 valence electrons. The fraction of sp³-hybridized carbons (Fsp3) is 0.350. The first-order chi connectivity index (χ1) is 11.8. The van der Waals surface area contributed by atoms with E-state index in [0.717, 1.165) is 44.8 Å². The molecule has 0 N–H and O–H groups in total. The van der Waals surface area contributed by atoms with Crippen LogP contribution in [0, 0.1) is 0 Å². The normalized spacial score (nSPS) is 16.5. The molecule has 1 fully saturated rings. The first kappa shape index (κ1) is 16.7. The number of ether oxygens (including phenoxy) is 2. The minimum absolute atomic E-state index is 0.234. The summed E-state index contributed by atoms with van der Waals surface area (Å²) in [4.78, 5) is 14.8. The average molecular weight is 325 g/mol. The molecule has 4 heteroatoms. The minimum Gasteiger partial charge on any atom is -0.454 e. The van der Waals surface area contributed by atoms with Crippen molar-refractivity contribution in [2.24, 2.45) is 0 Å². The second kappa shape index (κ2) is 8.62. The molecule has 0 saturated carbocycles. The van der Waals surface area contributed by atoms with Gasteiger partial charge in [0.15, 0.2) is 0 Å². The lowest BCUT2D eigenvalue weighted by Crippen LogP contribution is -2.37. The highest BCUT2D eigenvalue weighted by molar-refractivity contribution is 5.89. The summed E-state index contributed by atoms with van der Waals surface area (Å²) in [5.41, 5.74) is 1.62. The van der Waals surface area contributed by atoms with E-state index in [2.05, 4.69) is 4.90 Å². The van der Waals surface area contributed by atoms with Gasteiger partial charge in [-0.3, -0.25) is 4.90 Å². The second-order valence-electron chi connectivity index (χ2n) is 5.91. The smallest absolute Gasteiger partial charge is 0.338 e. The summed E-state index contributed by atoms with van der Waals surface area (Å²) in [5, 5.41) is 0. The van der Waals surface area contributed by atoms with E-state index in [1.807, 2.05) is 48.5 Å². The topological polar surface area (TPSA) is 38.8 Å². The molecule has 1 heterocycles. The third-order valence-corrected chi connectivity index (χ3v) is 4.24. The van der Waals surface area contributed by atoms with E-state index in [1.165, 1.54) is 0 Å². The molecule has 0 aliphatic carbocycles. The Bertz CT molecular complexity index is 624. The fourth-order valence-corrected chi connectivity index (χ4v) is 2.86. The van der Waals surface area contributed by atoms with Gasteiger partial charge in [0, 0.05) is 26.1 Å². The molecule has 1 atom stereocenters. The summed E-state index contributed by atoms with van der Waals surface area (Å²) >= 11 is 0. The molecule has 24 heavy (non-hydrogen) atoms. The van der Waals surface area contributed by atoms with Crippen molar-refractivity contribution in [1.29, 1.82) is 0 Å². The van der Waals surface area contributed by atoms with Gasteiger partial charge in [-0.1, -0.05) is 48.5 Å². The molecule has 3 rings (SSSR count). The standard InChI is InChI=1S/C20H23NO3/c22-20(18-9-5-2-6-10-18)24-19(17-7-3-1-4-8-17)11-12-21-13-15-23-16-14-21/h1-10,19H,11-16H2. The van der Waals surface area contributed by atoms with Crippen LogP contribution in [-0.4, -0.2) is 43.7 Å². The van der Waals surface area contributed by atoms with Gasteiger partial charge >= 0.3 is 5.97 Å². The minimum atomic E-state index is -0.272. The van der Waals surface area contributed by atoms with Gasteiger partial charge in [0.05, 0.1) is 18.8 Å². The van der Waals surface area contributed by atoms with Crippen LogP contribution in [0.5, 0.6) is 0 Å². The Morgan fingerprint density at radius 2 is 1.62 bits per heavy atom. The molecule has 2 aromatic carbocycles. The predicted octanol–water partition coefficient (Wildman–Crippen LogP) is 3.31. The maximum Gasteiger partial charge on any atom is 0.338 e. The van der Waals surface area contributed by atoms with Crippen molar-refractivity contribution in [3.05, 3.63) is 71.8 Å². The molecule has 2 aromatic rings. The summed E-state index contributed by atoms with van der Waals surface area (Å²) in [6, 6.07) is 19.1. The Labute approximate surface area is 143 Å². The number of benzene rings is 2. The van der Waals surface area contributed by atoms with Gasteiger partial charge in [0.2, 0.25) is 0 Å². The molecule has 0 bridgehead atoms. The Kier molecular flexibility index (Phi) is 5.99. The van der Waals surface area contributed by atoms with Gasteiger partial charge in [0.25, 0.3) is 0 Å². The fourth-order valence-electron chi connectivity index (χ4n) is 2.86. The molecule has 1 aliphatic rings. The van der Waals surface area contributed by atoms with Gasteiger partial charge in [0.1, 0.15) is 6.10 Å². The maximum atomic E-state index is 12.4. The number of hydrogen-bond acceptors (Lipinski definition) is 4. The lowest BCUT2D eigenvalue weighted by molar-refractivity contribution is 0.0130. The van der Waals surface area contributed by atoms with Crippen LogP contribution in [-0.2, 0) is 9.47 Å². The van der Waals surface area contributed by atoms with Crippen LogP contribution in [0.2, 0.25) is 0 Å². The summed E-state index contributed by atoms with van der Waals surface area (Å²) in [7, 11) is 0. The number of morpholine rings is 1. The van der Waals surface area contributed by atoms with Gasteiger partial charge in [-0.15, -0.1) is 0 Å². The summed E-state index contributed by atoms with van der Waals surface area (Å²) in [6.07, 6.45) is 0.546. The van der Waals surface area contributed by atoms with Crippen LogP contribution < -0.4 is 0 Å². The highest BCUT2D eigenvalue weighted by atomic mass is 16.5. The number of nitrogens with zero attached hydrogens (tertiary/aromatic N) is 1. The number of carbonyl (C=O) groups is 1. The second-order valence-corrected chi connectivity index (χ2v) is 5.91. The van der Waals surface area contributed by atoms with E-state index < -0.39 is 0 Å². The zero-order chi connectivity index (χ0) is 16.6. The van der Waals surface area contributed by atoms with E-state index in [-0.39, 0.29) is 12.1 Å². The van der Waals surface area contributed by atoms with Crippen molar-refractivity contribution in [3.63, 3.8) is 0 Å². The average Bonchev–Trinajstić information content (AvgIpc) is 2.67. The summed E-state index contributed by atoms with van der Waals surface area (Å²) < 4.78 is 11.2. The molecular weight excluding hydrogens is 302 g/mol. The monoisotopic (exact) mass is 325 g/mol. The summed E-state index contributed by atoms with van der Waals surface area (Å²) in [5.74, 6) is -0.272. The Balaban J connectivity index is 1.66. The van der Waals surface area contributed by atoms with E-state index >= 15 is 0 Å². The molecular formula is C20H23NO3. The number of carbonyl (C=O) groups excluding carboxylic acids is 1. The Hall–Kier alpha value is -2.17. The highest BCUT2D eigenvalue weighted by Gasteiger charge is 2.20. The van der Waals surface area contributed by atoms with E-state index in [9.17, 15) is 4.79 Å². The summed E-state index contributed by atoms with van der Waals surface area (Å²) in [6.45, 7) is 4.33. The van der Waals surface area contributed by atoms with Crippen molar-refractivity contribution >= 4 is 5.97 Å². The van der Waals surface area contributed by atoms with Gasteiger partial charge < -0.3 is 9.47 Å². The van der Waals surface area contributed by atoms with Crippen LogP contribution in [0.4, 0.5) is 0 Å². The molecule has 0 amide bonds. The molecule has 1 aliphatic heterocycles. The molecule has 0 aromatic heterocycles. The first-order valence-electron chi connectivity index (χ1n) is 8.44. The maximum absolute atomic E-state index is 12.4. The largest absolute Gasteiger partial charge is 0.454 e. The van der Waals surface area contributed by atoms with Crippen LogP contribution in [0.15, 0.2) is 60.7 Å². The van der Waals surface area contributed by atoms with Crippen molar-refractivity contribution in [3.8, 4) is 0 Å². The van der Waals surface area contributed by atoms with Crippen molar-refractivity contribution in [1.82, 2.24) is 4.90 Å². The lowest BCUT2D eigenvalue weighted by Gasteiger charge is -2.28. The molecule has 0 spiro atoms. The van der Waals surface area contributed by atoms with E-state index in [0.29, 0.717) is 5.56 Å².